The second kappa shape index (κ2) is 7.16. The average molecular weight is 251 g/mol. The zero-order valence-corrected chi connectivity index (χ0v) is 10.4. The number of urea groups is 1. The van der Waals surface area contributed by atoms with Crippen molar-refractivity contribution in [2.45, 2.75) is 6.92 Å². The summed E-state index contributed by atoms with van der Waals surface area (Å²) in [5, 5.41) is 7.64. The lowest BCUT2D eigenvalue weighted by atomic mass is 10.3. The minimum atomic E-state index is -0.436. The van der Waals surface area contributed by atoms with E-state index in [1.165, 1.54) is 0 Å². The summed E-state index contributed by atoms with van der Waals surface area (Å²) in [6, 6.07) is 6.52. The van der Waals surface area contributed by atoms with Crippen LogP contribution in [0.5, 0.6) is 5.75 Å². The van der Waals surface area contributed by atoms with Crippen LogP contribution in [0.3, 0.4) is 0 Å². The second-order valence-corrected chi connectivity index (χ2v) is 3.49. The number of hydrogen-bond acceptors (Lipinski definition) is 3. The van der Waals surface area contributed by atoms with Gasteiger partial charge in [0.25, 0.3) is 0 Å². The number of amides is 3. The zero-order chi connectivity index (χ0) is 13.4. The lowest BCUT2D eigenvalue weighted by molar-refractivity contribution is -0.119. The van der Waals surface area contributed by atoms with Crippen LogP contribution in [0.15, 0.2) is 24.3 Å². The summed E-state index contributed by atoms with van der Waals surface area (Å²) in [6.45, 7) is 2.30. The van der Waals surface area contributed by atoms with E-state index in [1.807, 2.05) is 6.92 Å². The van der Waals surface area contributed by atoms with Gasteiger partial charge in [-0.1, -0.05) is 6.07 Å². The van der Waals surface area contributed by atoms with E-state index in [0.717, 1.165) is 0 Å². The van der Waals surface area contributed by atoms with Gasteiger partial charge in [0.05, 0.1) is 13.7 Å². The van der Waals surface area contributed by atoms with E-state index in [-0.39, 0.29) is 12.5 Å². The predicted molar refractivity (Wildman–Crippen MR) is 68.7 cm³/mol. The Balaban J connectivity index is 2.42. The monoisotopic (exact) mass is 251 g/mol. The molecule has 98 valence electrons. The highest BCUT2D eigenvalue weighted by Gasteiger charge is 2.04. The number of benzene rings is 1. The van der Waals surface area contributed by atoms with E-state index in [0.29, 0.717) is 18.0 Å². The third kappa shape index (κ3) is 4.73. The van der Waals surface area contributed by atoms with Crippen LogP contribution in [0, 0.1) is 0 Å². The molecule has 0 atom stereocenters. The molecule has 0 aliphatic carbocycles. The smallest absolute Gasteiger partial charge is 0.319 e. The third-order valence-electron chi connectivity index (χ3n) is 2.11. The molecule has 0 saturated heterocycles. The van der Waals surface area contributed by atoms with Crippen molar-refractivity contribution in [1.82, 2.24) is 10.6 Å². The first-order chi connectivity index (χ1) is 8.65. The van der Waals surface area contributed by atoms with E-state index in [2.05, 4.69) is 16.0 Å². The molecule has 0 aliphatic rings. The molecule has 1 aromatic carbocycles. The molecule has 6 nitrogen and oxygen atoms in total. The van der Waals surface area contributed by atoms with E-state index >= 15 is 0 Å². The van der Waals surface area contributed by atoms with Gasteiger partial charge in [0.15, 0.2) is 0 Å². The molecular weight excluding hydrogens is 234 g/mol. The van der Waals surface area contributed by atoms with Crippen LogP contribution in [0.4, 0.5) is 10.5 Å². The van der Waals surface area contributed by atoms with Crippen molar-refractivity contribution in [3.05, 3.63) is 24.3 Å². The minimum absolute atomic E-state index is 0.0519. The topological polar surface area (TPSA) is 79.5 Å². The molecule has 6 heteroatoms. The highest BCUT2D eigenvalue weighted by molar-refractivity contribution is 5.92. The predicted octanol–water partition coefficient (Wildman–Crippen LogP) is 0.953. The fourth-order valence-electron chi connectivity index (χ4n) is 1.30. The van der Waals surface area contributed by atoms with Gasteiger partial charge >= 0.3 is 6.03 Å². The number of carbonyl (C=O) groups is 2. The Morgan fingerprint density at radius 3 is 2.72 bits per heavy atom. The van der Waals surface area contributed by atoms with Crippen molar-refractivity contribution in [2.75, 3.05) is 25.5 Å². The van der Waals surface area contributed by atoms with E-state index < -0.39 is 6.03 Å². The molecule has 1 aromatic rings. The lowest BCUT2D eigenvalue weighted by Gasteiger charge is -2.08. The molecule has 0 bridgehead atoms. The second-order valence-electron chi connectivity index (χ2n) is 3.49. The number of carbonyl (C=O) groups excluding carboxylic acids is 2. The molecule has 0 saturated carbocycles. The number of nitrogens with one attached hydrogen (secondary N) is 3. The summed E-state index contributed by atoms with van der Waals surface area (Å²) < 4.78 is 5.03. The summed E-state index contributed by atoms with van der Waals surface area (Å²) in [5.74, 6) is 0.426. The van der Waals surface area contributed by atoms with Gasteiger partial charge in [-0.2, -0.15) is 0 Å². The van der Waals surface area contributed by atoms with Crippen molar-refractivity contribution in [3.8, 4) is 5.75 Å². The number of anilines is 1. The fourth-order valence-corrected chi connectivity index (χ4v) is 1.30. The number of methoxy groups -OCH3 is 1. The lowest BCUT2D eigenvalue weighted by Crippen LogP contribution is -2.38. The Labute approximate surface area is 106 Å². The first kappa shape index (κ1) is 13.8. The van der Waals surface area contributed by atoms with Gasteiger partial charge in [0.1, 0.15) is 5.75 Å². The zero-order valence-electron chi connectivity index (χ0n) is 10.4. The first-order valence-corrected chi connectivity index (χ1v) is 5.61. The van der Waals surface area contributed by atoms with Crippen molar-refractivity contribution in [3.63, 3.8) is 0 Å². The molecule has 18 heavy (non-hydrogen) atoms. The van der Waals surface area contributed by atoms with Crippen molar-refractivity contribution >= 4 is 17.6 Å². The van der Waals surface area contributed by atoms with Crippen LogP contribution in [-0.4, -0.2) is 32.1 Å². The first-order valence-electron chi connectivity index (χ1n) is 5.61. The molecule has 3 N–H and O–H groups in total. The summed E-state index contributed by atoms with van der Waals surface area (Å²) >= 11 is 0. The van der Waals surface area contributed by atoms with Gasteiger partial charge < -0.3 is 20.7 Å². The number of hydrogen-bond donors (Lipinski definition) is 3. The van der Waals surface area contributed by atoms with E-state index in [4.69, 9.17) is 4.74 Å². The Bertz CT molecular complexity index is 421. The maximum absolute atomic E-state index is 11.5. The van der Waals surface area contributed by atoms with Crippen LogP contribution in [-0.2, 0) is 4.79 Å². The highest BCUT2D eigenvalue weighted by Crippen LogP contribution is 2.16. The maximum Gasteiger partial charge on any atom is 0.319 e. The van der Waals surface area contributed by atoms with Crippen LogP contribution in [0.1, 0.15) is 6.92 Å². The quantitative estimate of drug-likeness (QED) is 0.729. The summed E-state index contributed by atoms with van der Waals surface area (Å²) in [4.78, 5) is 22.6. The van der Waals surface area contributed by atoms with Crippen molar-refractivity contribution < 1.29 is 14.3 Å². The van der Waals surface area contributed by atoms with Gasteiger partial charge in [-0.3, -0.25) is 4.79 Å². The molecule has 0 aromatic heterocycles. The van der Waals surface area contributed by atoms with Crippen molar-refractivity contribution in [1.29, 1.82) is 0 Å². The van der Waals surface area contributed by atoms with Gasteiger partial charge in [-0.15, -0.1) is 0 Å². The molecule has 3 amide bonds. The molecule has 1 rings (SSSR count). The SMILES string of the molecule is CCNC(=O)CNC(=O)Nc1cccc(OC)c1. The van der Waals surface area contributed by atoms with Crippen LogP contribution >= 0.6 is 0 Å². The Morgan fingerprint density at radius 1 is 1.28 bits per heavy atom. The fraction of sp³-hybridized carbons (Fsp3) is 0.333. The van der Waals surface area contributed by atoms with Crippen LogP contribution in [0.2, 0.25) is 0 Å². The summed E-state index contributed by atoms with van der Waals surface area (Å²) in [7, 11) is 1.55. The molecule has 0 spiro atoms. The average Bonchev–Trinajstić information content (AvgIpc) is 2.37. The molecular formula is C12H17N3O3. The molecule has 0 radical (unpaired) electrons. The van der Waals surface area contributed by atoms with Crippen LogP contribution < -0.4 is 20.7 Å². The normalized spacial score (nSPS) is 9.44. The molecule has 0 heterocycles. The standard InChI is InChI=1S/C12H17N3O3/c1-3-13-11(16)8-14-12(17)15-9-5-4-6-10(7-9)18-2/h4-7H,3,8H2,1-2H3,(H,13,16)(H2,14,15,17). The van der Waals surface area contributed by atoms with Gasteiger partial charge in [-0.25, -0.2) is 4.79 Å². The molecule has 0 aliphatic heterocycles. The minimum Gasteiger partial charge on any atom is -0.497 e. The van der Waals surface area contributed by atoms with Gasteiger partial charge in [-0.05, 0) is 19.1 Å². The number of likely N-dealkylation sites (N-methyl/N-ethyl adjacent to an activating group) is 1. The molecule has 0 unspecified atom stereocenters. The van der Waals surface area contributed by atoms with E-state index in [1.54, 1.807) is 31.4 Å². The Hall–Kier alpha value is -2.24. The van der Waals surface area contributed by atoms with Gasteiger partial charge in [0, 0.05) is 18.3 Å². The maximum atomic E-state index is 11.5. The molecule has 0 fully saturated rings. The largest absolute Gasteiger partial charge is 0.497 e. The van der Waals surface area contributed by atoms with Gasteiger partial charge in [0.2, 0.25) is 5.91 Å². The highest BCUT2D eigenvalue weighted by atomic mass is 16.5. The Kier molecular flexibility index (Phi) is 5.50. The number of rotatable bonds is 5. The Morgan fingerprint density at radius 2 is 2.06 bits per heavy atom. The third-order valence-corrected chi connectivity index (χ3v) is 2.11. The van der Waals surface area contributed by atoms with E-state index in [9.17, 15) is 9.59 Å². The van der Waals surface area contributed by atoms with Crippen LogP contribution in [0.25, 0.3) is 0 Å². The summed E-state index contributed by atoms with van der Waals surface area (Å²) in [6.07, 6.45) is 0. The number of ether oxygens (including phenoxy) is 1. The summed E-state index contributed by atoms with van der Waals surface area (Å²) in [5.41, 5.74) is 0.600. The van der Waals surface area contributed by atoms with Crippen molar-refractivity contribution in [2.24, 2.45) is 0 Å².